The zero-order valence-corrected chi connectivity index (χ0v) is 20.1. The summed E-state index contributed by atoms with van der Waals surface area (Å²) in [6.07, 6.45) is 3.42. The van der Waals surface area contributed by atoms with Gasteiger partial charge in [0.1, 0.15) is 5.69 Å². The van der Waals surface area contributed by atoms with E-state index >= 15 is 0 Å². The Hall–Kier alpha value is -3.81. The number of nitrogens with one attached hydrogen (secondary N) is 1. The molecule has 2 heterocycles. The topological polar surface area (TPSA) is 98.5 Å². The maximum Gasteiger partial charge on any atom is 0.329 e. The maximum atomic E-state index is 13.4. The van der Waals surface area contributed by atoms with E-state index in [1.54, 1.807) is 9.13 Å². The molecule has 1 N–H and O–H groups in total. The molecule has 4 aromatic rings. The number of hydrogen-bond donors (Lipinski definition) is 1. The largest absolute Gasteiger partial charge is 0.329 e. The van der Waals surface area contributed by atoms with Crippen LogP contribution in [0.25, 0.3) is 22.5 Å². The summed E-state index contributed by atoms with van der Waals surface area (Å²) in [6.45, 7) is 8.37. The van der Waals surface area contributed by atoms with E-state index in [0.717, 1.165) is 47.1 Å². The van der Waals surface area contributed by atoms with E-state index in [4.69, 9.17) is 0 Å². The molecule has 0 unspecified atom stereocenters. The third kappa shape index (κ3) is 4.48. The molecule has 0 atom stereocenters. The number of tetrazole rings is 1. The van der Waals surface area contributed by atoms with Gasteiger partial charge in [0.25, 0.3) is 0 Å². The van der Waals surface area contributed by atoms with Crippen molar-refractivity contribution in [3.8, 4) is 22.5 Å². The van der Waals surface area contributed by atoms with Crippen LogP contribution in [0.5, 0.6) is 0 Å². The molecular formula is C26H30N6O2. The number of hydrogen-bond acceptors (Lipinski definition) is 5. The van der Waals surface area contributed by atoms with Gasteiger partial charge in [-0.3, -0.25) is 13.9 Å². The fourth-order valence-electron chi connectivity index (χ4n) is 4.32. The summed E-state index contributed by atoms with van der Waals surface area (Å²) < 4.78 is 3.38. The van der Waals surface area contributed by atoms with E-state index in [1.807, 2.05) is 69.3 Å². The number of aldehydes is 1. The molecule has 0 amide bonds. The number of aromatic nitrogens is 6. The van der Waals surface area contributed by atoms with Gasteiger partial charge in [0.05, 0.1) is 12.2 Å². The lowest BCUT2D eigenvalue weighted by molar-refractivity contribution is 0.110. The van der Waals surface area contributed by atoms with E-state index in [0.29, 0.717) is 24.5 Å². The second kappa shape index (κ2) is 9.59. The molecule has 0 bridgehead atoms. The van der Waals surface area contributed by atoms with Gasteiger partial charge >= 0.3 is 5.69 Å². The minimum absolute atomic E-state index is 0.146. The van der Waals surface area contributed by atoms with Crippen LogP contribution >= 0.6 is 0 Å². The van der Waals surface area contributed by atoms with Crippen LogP contribution in [0.3, 0.4) is 0 Å². The number of carbonyl (C=O) groups excluding carboxylic acids is 1. The van der Waals surface area contributed by atoms with Crippen LogP contribution in [0.15, 0.2) is 53.3 Å². The first-order valence-corrected chi connectivity index (χ1v) is 11.6. The summed E-state index contributed by atoms with van der Waals surface area (Å²) in [7, 11) is 0. The molecule has 2 aromatic heterocycles. The van der Waals surface area contributed by atoms with Gasteiger partial charge in [-0.2, -0.15) is 5.21 Å². The van der Waals surface area contributed by atoms with E-state index in [-0.39, 0.29) is 5.69 Å². The quantitative estimate of drug-likeness (QED) is 0.393. The van der Waals surface area contributed by atoms with Gasteiger partial charge in [-0.05, 0) is 55.5 Å². The lowest BCUT2D eigenvalue weighted by Crippen LogP contribution is -2.36. The first-order valence-electron chi connectivity index (χ1n) is 11.6. The van der Waals surface area contributed by atoms with Gasteiger partial charge in [0.2, 0.25) is 5.82 Å². The minimum Gasteiger partial charge on any atom is -0.296 e. The normalized spacial score (nSPS) is 11.6. The van der Waals surface area contributed by atoms with Crippen molar-refractivity contribution in [3.63, 3.8) is 0 Å². The molecule has 0 saturated carbocycles. The second-order valence-corrected chi connectivity index (χ2v) is 9.41. The molecule has 0 aliphatic heterocycles. The molecule has 0 aliphatic rings. The number of unbranched alkanes of at least 4 members (excludes halogenated alkanes) is 1. The summed E-state index contributed by atoms with van der Waals surface area (Å²) in [5.41, 5.74) is 4.56. The fraction of sp³-hybridized carbons (Fsp3) is 0.346. The number of benzene rings is 2. The summed E-state index contributed by atoms with van der Waals surface area (Å²) in [5, 5.41) is 14.4. The van der Waals surface area contributed by atoms with E-state index in [1.165, 1.54) is 0 Å². The molecule has 0 fully saturated rings. The van der Waals surface area contributed by atoms with Gasteiger partial charge in [-0.25, -0.2) is 4.79 Å². The molecule has 34 heavy (non-hydrogen) atoms. The van der Waals surface area contributed by atoms with E-state index in [9.17, 15) is 9.59 Å². The molecular weight excluding hydrogens is 428 g/mol. The van der Waals surface area contributed by atoms with Crippen LogP contribution in [0.2, 0.25) is 0 Å². The van der Waals surface area contributed by atoms with E-state index in [2.05, 4.69) is 27.5 Å². The highest BCUT2D eigenvalue weighted by molar-refractivity contribution is 5.80. The number of aromatic amines is 1. The number of carbonyl (C=O) groups is 1. The smallest absolute Gasteiger partial charge is 0.296 e. The van der Waals surface area contributed by atoms with Gasteiger partial charge in [-0.15, -0.1) is 10.2 Å². The van der Waals surface area contributed by atoms with Gasteiger partial charge in [-0.1, -0.05) is 61.9 Å². The van der Waals surface area contributed by atoms with Crippen molar-refractivity contribution in [1.29, 1.82) is 0 Å². The third-order valence-electron chi connectivity index (χ3n) is 5.95. The van der Waals surface area contributed by atoms with Crippen molar-refractivity contribution in [1.82, 2.24) is 29.8 Å². The van der Waals surface area contributed by atoms with Crippen LogP contribution in [-0.2, 0) is 18.5 Å². The summed E-state index contributed by atoms with van der Waals surface area (Å²) >= 11 is 0. The predicted molar refractivity (Wildman–Crippen MR) is 132 cm³/mol. The van der Waals surface area contributed by atoms with Crippen LogP contribution in [-0.4, -0.2) is 36.0 Å². The number of H-pyrrole nitrogens is 1. The zero-order valence-electron chi connectivity index (χ0n) is 20.1. The SMILES string of the molecule is CCCCc1c(C=O)n(C(C)(C)C)c(=O)n1Cc1ccc(-c2ccccc2-c2nn[nH]n2)cc1. The van der Waals surface area contributed by atoms with Crippen molar-refractivity contribution in [2.24, 2.45) is 0 Å². The molecule has 4 rings (SSSR count). The highest BCUT2D eigenvalue weighted by Crippen LogP contribution is 2.30. The predicted octanol–water partition coefficient (Wildman–Crippen LogP) is 4.46. The Kier molecular flexibility index (Phi) is 6.58. The lowest BCUT2D eigenvalue weighted by atomic mass is 9.98. The fourth-order valence-corrected chi connectivity index (χ4v) is 4.32. The van der Waals surface area contributed by atoms with Gasteiger partial charge in [0, 0.05) is 11.1 Å². The van der Waals surface area contributed by atoms with Gasteiger partial charge < -0.3 is 0 Å². The second-order valence-electron chi connectivity index (χ2n) is 9.41. The van der Waals surface area contributed by atoms with Crippen LogP contribution in [0, 0.1) is 0 Å². The summed E-state index contributed by atoms with van der Waals surface area (Å²) in [5.74, 6) is 0.539. The molecule has 2 aromatic carbocycles. The molecule has 8 nitrogen and oxygen atoms in total. The summed E-state index contributed by atoms with van der Waals surface area (Å²) in [4.78, 5) is 25.4. The Morgan fingerprint density at radius 3 is 2.32 bits per heavy atom. The van der Waals surface area contributed by atoms with Crippen molar-refractivity contribution < 1.29 is 4.79 Å². The van der Waals surface area contributed by atoms with Crippen LogP contribution in [0.4, 0.5) is 0 Å². The Labute approximate surface area is 198 Å². The molecule has 176 valence electrons. The number of nitrogens with zero attached hydrogens (tertiary/aromatic N) is 5. The highest BCUT2D eigenvalue weighted by atomic mass is 16.2. The minimum atomic E-state index is -0.484. The van der Waals surface area contributed by atoms with Gasteiger partial charge in [0.15, 0.2) is 6.29 Å². The Morgan fingerprint density at radius 1 is 1.03 bits per heavy atom. The maximum absolute atomic E-state index is 13.4. The first kappa shape index (κ1) is 23.4. The Morgan fingerprint density at radius 2 is 1.74 bits per heavy atom. The lowest BCUT2D eigenvalue weighted by Gasteiger charge is -2.21. The Bertz CT molecular complexity index is 1330. The third-order valence-corrected chi connectivity index (χ3v) is 5.95. The van der Waals surface area contributed by atoms with Crippen LogP contribution < -0.4 is 5.69 Å². The van der Waals surface area contributed by atoms with Crippen molar-refractivity contribution >= 4 is 6.29 Å². The van der Waals surface area contributed by atoms with Crippen molar-refractivity contribution in [2.75, 3.05) is 0 Å². The number of imidazole rings is 1. The van der Waals surface area contributed by atoms with Crippen molar-refractivity contribution in [3.05, 3.63) is 76.0 Å². The molecule has 8 heteroatoms. The van der Waals surface area contributed by atoms with E-state index < -0.39 is 5.54 Å². The highest BCUT2D eigenvalue weighted by Gasteiger charge is 2.26. The zero-order chi connectivity index (χ0) is 24.3. The standard InChI is InChI=1S/C26H30N6O2/c1-5-6-11-22-23(17-33)32(26(2,3)4)25(34)31(22)16-18-12-14-19(15-13-18)20-9-7-8-10-21(20)24-27-29-30-28-24/h7-10,12-15,17H,5-6,11,16H2,1-4H3,(H,27,28,29,30). The average Bonchev–Trinajstić information content (AvgIpc) is 3.45. The molecule has 0 spiro atoms. The van der Waals surface area contributed by atoms with Crippen LogP contribution in [0.1, 0.15) is 62.3 Å². The Balaban J connectivity index is 1.71. The molecule has 0 saturated heterocycles. The summed E-state index contributed by atoms with van der Waals surface area (Å²) in [6, 6.07) is 16.0. The average molecular weight is 459 g/mol. The first-order chi connectivity index (χ1) is 16.3. The number of rotatable bonds is 8. The van der Waals surface area contributed by atoms with Crippen molar-refractivity contribution in [2.45, 2.75) is 59.0 Å². The molecule has 0 aliphatic carbocycles. The monoisotopic (exact) mass is 458 g/mol. The molecule has 0 radical (unpaired) electrons.